The highest BCUT2D eigenvalue weighted by molar-refractivity contribution is 8.01. The number of thioether (sulfide) groups is 1. The molecular formula is C13H24N2O2S. The first kappa shape index (κ1) is 15.5. The van der Waals surface area contributed by atoms with E-state index in [1.807, 2.05) is 13.8 Å². The third-order valence-corrected chi connectivity index (χ3v) is 4.82. The highest BCUT2D eigenvalue weighted by atomic mass is 32.2. The second-order valence-electron chi connectivity index (χ2n) is 4.79. The van der Waals surface area contributed by atoms with Crippen molar-refractivity contribution in [2.75, 3.05) is 6.54 Å². The molecule has 1 aliphatic rings. The third kappa shape index (κ3) is 3.48. The number of nitrogens with two attached hydrogens (primary N) is 1. The van der Waals surface area contributed by atoms with Crippen LogP contribution in [-0.4, -0.2) is 39.8 Å². The maximum atomic E-state index is 12.3. The number of likely N-dealkylation sites (tertiary alicyclic amines) is 1. The highest BCUT2D eigenvalue weighted by Crippen LogP contribution is 2.31. The fourth-order valence-corrected chi connectivity index (χ4v) is 3.65. The molecule has 104 valence electrons. The lowest BCUT2D eigenvalue weighted by atomic mass is 10.1. The van der Waals surface area contributed by atoms with Crippen molar-refractivity contribution in [1.29, 1.82) is 0 Å². The van der Waals surface area contributed by atoms with Crippen LogP contribution < -0.4 is 5.73 Å². The van der Waals surface area contributed by atoms with Crippen LogP contribution in [0.4, 0.5) is 0 Å². The monoisotopic (exact) mass is 272 g/mol. The zero-order valence-electron chi connectivity index (χ0n) is 11.5. The van der Waals surface area contributed by atoms with E-state index in [1.165, 1.54) is 4.90 Å². The first-order chi connectivity index (χ1) is 8.54. The summed E-state index contributed by atoms with van der Waals surface area (Å²) in [6.45, 7) is 6.73. The van der Waals surface area contributed by atoms with Crippen molar-refractivity contribution in [3.8, 4) is 0 Å². The molecule has 1 heterocycles. The Morgan fingerprint density at radius 2 is 2.00 bits per heavy atom. The summed E-state index contributed by atoms with van der Waals surface area (Å²) >= 11 is 1.59. The van der Waals surface area contributed by atoms with Crippen molar-refractivity contribution in [3.05, 3.63) is 0 Å². The predicted octanol–water partition coefficient (Wildman–Crippen LogP) is 1.77. The SMILES string of the molecule is CCC(CC)N1C(=O)CC(SC(C)CCN)C1=O. The molecular weight excluding hydrogens is 248 g/mol. The molecule has 0 bridgehead atoms. The van der Waals surface area contributed by atoms with Crippen LogP contribution in [0.2, 0.25) is 0 Å². The number of rotatable bonds is 7. The number of carbonyl (C=O) groups excluding carboxylic acids is 2. The van der Waals surface area contributed by atoms with Crippen molar-refractivity contribution in [2.24, 2.45) is 5.73 Å². The molecule has 0 aromatic carbocycles. The van der Waals surface area contributed by atoms with E-state index in [0.717, 1.165) is 19.3 Å². The van der Waals surface area contributed by atoms with Gasteiger partial charge in [-0.15, -0.1) is 11.8 Å². The van der Waals surface area contributed by atoms with Gasteiger partial charge in [0, 0.05) is 17.7 Å². The van der Waals surface area contributed by atoms with Crippen LogP contribution in [0.25, 0.3) is 0 Å². The molecule has 0 aromatic rings. The molecule has 2 N–H and O–H groups in total. The molecule has 18 heavy (non-hydrogen) atoms. The minimum atomic E-state index is -0.195. The van der Waals surface area contributed by atoms with E-state index in [4.69, 9.17) is 5.73 Å². The standard InChI is InChI=1S/C13H24N2O2S/c1-4-10(5-2)15-12(16)8-11(13(15)17)18-9(3)6-7-14/h9-11H,4-8,14H2,1-3H3. The molecule has 1 rings (SSSR count). The van der Waals surface area contributed by atoms with Crippen LogP contribution in [0.15, 0.2) is 0 Å². The van der Waals surface area contributed by atoms with Gasteiger partial charge in [-0.1, -0.05) is 20.8 Å². The molecule has 0 aliphatic carbocycles. The maximum absolute atomic E-state index is 12.3. The Morgan fingerprint density at radius 3 is 2.50 bits per heavy atom. The van der Waals surface area contributed by atoms with Crippen LogP contribution in [0.3, 0.4) is 0 Å². The molecule has 1 fully saturated rings. The van der Waals surface area contributed by atoms with E-state index in [1.54, 1.807) is 11.8 Å². The summed E-state index contributed by atoms with van der Waals surface area (Å²) in [6.07, 6.45) is 2.91. The summed E-state index contributed by atoms with van der Waals surface area (Å²) in [5.41, 5.74) is 5.51. The fraction of sp³-hybridized carbons (Fsp3) is 0.846. The van der Waals surface area contributed by atoms with E-state index in [2.05, 4.69) is 6.92 Å². The number of carbonyl (C=O) groups is 2. The van der Waals surface area contributed by atoms with E-state index in [0.29, 0.717) is 18.2 Å². The van der Waals surface area contributed by atoms with Crippen molar-refractivity contribution in [3.63, 3.8) is 0 Å². The molecule has 0 spiro atoms. The van der Waals surface area contributed by atoms with Crippen molar-refractivity contribution in [1.82, 2.24) is 4.90 Å². The summed E-state index contributed by atoms with van der Waals surface area (Å²) in [5.74, 6) is -0.00581. The topological polar surface area (TPSA) is 63.4 Å². The van der Waals surface area contributed by atoms with E-state index < -0.39 is 0 Å². The van der Waals surface area contributed by atoms with Gasteiger partial charge < -0.3 is 5.73 Å². The van der Waals surface area contributed by atoms with Gasteiger partial charge in [0.25, 0.3) is 0 Å². The Labute approximate surface area is 114 Å². The number of hydrogen-bond donors (Lipinski definition) is 1. The van der Waals surface area contributed by atoms with Gasteiger partial charge in [0.2, 0.25) is 11.8 Å². The van der Waals surface area contributed by atoms with Gasteiger partial charge in [0.1, 0.15) is 0 Å². The molecule has 0 saturated carbocycles. The zero-order valence-corrected chi connectivity index (χ0v) is 12.3. The average molecular weight is 272 g/mol. The Kier molecular flexibility index (Phi) is 6.15. The van der Waals surface area contributed by atoms with Gasteiger partial charge in [-0.05, 0) is 25.8 Å². The van der Waals surface area contributed by atoms with E-state index >= 15 is 0 Å². The lowest BCUT2D eigenvalue weighted by Gasteiger charge is -2.24. The largest absolute Gasteiger partial charge is 0.330 e. The van der Waals surface area contributed by atoms with Crippen LogP contribution >= 0.6 is 11.8 Å². The number of nitrogens with zero attached hydrogens (tertiary/aromatic N) is 1. The fourth-order valence-electron chi connectivity index (χ4n) is 2.35. The summed E-state index contributed by atoms with van der Waals surface area (Å²) in [7, 11) is 0. The number of amides is 2. The third-order valence-electron chi connectivity index (χ3n) is 3.42. The average Bonchev–Trinajstić information content (AvgIpc) is 2.59. The maximum Gasteiger partial charge on any atom is 0.243 e. The van der Waals surface area contributed by atoms with Crippen LogP contribution in [-0.2, 0) is 9.59 Å². The van der Waals surface area contributed by atoms with E-state index in [-0.39, 0.29) is 23.1 Å². The normalized spacial score (nSPS) is 22.1. The summed E-state index contributed by atoms with van der Waals surface area (Å²) in [6, 6.07) is 0.0698. The molecule has 1 aliphatic heterocycles. The van der Waals surface area contributed by atoms with Gasteiger partial charge in [-0.3, -0.25) is 14.5 Å². The molecule has 4 nitrogen and oxygen atoms in total. The Bertz CT molecular complexity index is 305. The first-order valence-corrected chi connectivity index (χ1v) is 7.70. The zero-order chi connectivity index (χ0) is 13.7. The molecule has 5 heteroatoms. The Hall–Kier alpha value is -0.550. The quantitative estimate of drug-likeness (QED) is 0.717. The molecule has 2 amide bonds. The molecule has 0 radical (unpaired) electrons. The minimum absolute atomic E-state index is 0.00238. The Balaban J connectivity index is 2.66. The lowest BCUT2D eigenvalue weighted by molar-refractivity contribution is -0.141. The van der Waals surface area contributed by atoms with Crippen LogP contribution in [0.1, 0.15) is 46.5 Å². The molecule has 1 saturated heterocycles. The molecule has 2 unspecified atom stereocenters. The van der Waals surface area contributed by atoms with Crippen molar-refractivity contribution in [2.45, 2.75) is 63.0 Å². The number of imide groups is 1. The summed E-state index contributed by atoms with van der Waals surface area (Å²) in [4.78, 5) is 25.7. The first-order valence-electron chi connectivity index (χ1n) is 6.76. The smallest absolute Gasteiger partial charge is 0.243 e. The lowest BCUT2D eigenvalue weighted by Crippen LogP contribution is -2.40. The minimum Gasteiger partial charge on any atom is -0.330 e. The van der Waals surface area contributed by atoms with Crippen molar-refractivity contribution < 1.29 is 9.59 Å². The van der Waals surface area contributed by atoms with Gasteiger partial charge in [0.15, 0.2) is 0 Å². The van der Waals surface area contributed by atoms with E-state index in [9.17, 15) is 9.59 Å². The van der Waals surface area contributed by atoms with Gasteiger partial charge >= 0.3 is 0 Å². The van der Waals surface area contributed by atoms with Crippen LogP contribution in [0, 0.1) is 0 Å². The summed E-state index contributed by atoms with van der Waals surface area (Å²) in [5, 5.41) is 0.137. The molecule has 2 atom stereocenters. The summed E-state index contributed by atoms with van der Waals surface area (Å²) < 4.78 is 0. The van der Waals surface area contributed by atoms with Crippen molar-refractivity contribution >= 4 is 23.6 Å². The second kappa shape index (κ2) is 7.14. The van der Waals surface area contributed by atoms with Gasteiger partial charge in [0.05, 0.1) is 5.25 Å². The predicted molar refractivity (Wildman–Crippen MR) is 75.4 cm³/mol. The Morgan fingerprint density at radius 1 is 1.39 bits per heavy atom. The number of hydrogen-bond acceptors (Lipinski definition) is 4. The molecule has 0 aromatic heterocycles. The van der Waals surface area contributed by atoms with Gasteiger partial charge in [-0.2, -0.15) is 0 Å². The second-order valence-corrected chi connectivity index (χ2v) is 6.44. The highest BCUT2D eigenvalue weighted by Gasteiger charge is 2.41. The van der Waals surface area contributed by atoms with Crippen LogP contribution in [0.5, 0.6) is 0 Å². The van der Waals surface area contributed by atoms with Gasteiger partial charge in [-0.25, -0.2) is 0 Å².